The molecule has 174 valence electrons. The van der Waals surface area contributed by atoms with Gasteiger partial charge >= 0.3 is 5.97 Å². The number of non-ortho nitro benzene ring substituents is 1. The fourth-order valence-corrected chi connectivity index (χ4v) is 3.23. The molecule has 0 radical (unpaired) electrons. The Morgan fingerprint density at radius 3 is 2.29 bits per heavy atom. The minimum atomic E-state index is -1.27. The van der Waals surface area contributed by atoms with E-state index >= 15 is 0 Å². The molecule has 3 N–H and O–H groups in total. The fraction of sp³-hybridized carbons (Fsp3) is 0.0870. The Morgan fingerprint density at radius 2 is 1.74 bits per heavy atom. The Bertz CT molecular complexity index is 1240. The molecule has 0 aliphatic heterocycles. The summed E-state index contributed by atoms with van der Waals surface area (Å²) in [5.74, 6) is -2.95. The first-order valence-electron chi connectivity index (χ1n) is 9.83. The molecule has 34 heavy (non-hydrogen) atoms. The minimum absolute atomic E-state index is 0.0196. The molecule has 10 nitrogen and oxygen atoms in total. The molecule has 0 spiro atoms. The van der Waals surface area contributed by atoms with E-state index in [4.69, 9.17) is 4.42 Å². The molecule has 0 fully saturated rings. The number of carboxylic acids is 1. The van der Waals surface area contributed by atoms with Crippen LogP contribution in [0.5, 0.6) is 0 Å². The van der Waals surface area contributed by atoms with Crippen LogP contribution in [0.15, 0.2) is 81.5 Å². The third-order valence-corrected chi connectivity index (χ3v) is 5.02. The number of carbonyl (C=O) groups is 3. The zero-order valence-electron chi connectivity index (χ0n) is 17.4. The molecule has 3 aromatic rings. The van der Waals surface area contributed by atoms with E-state index in [0.717, 1.165) is 0 Å². The van der Waals surface area contributed by atoms with Crippen molar-refractivity contribution in [1.29, 1.82) is 0 Å². The zero-order chi connectivity index (χ0) is 24.7. The maximum absolute atomic E-state index is 13.0. The monoisotopic (exact) mass is 527 g/mol. The number of nitro benzene ring substituents is 1. The molecule has 3 rings (SSSR count). The van der Waals surface area contributed by atoms with Gasteiger partial charge in [0.2, 0.25) is 0 Å². The lowest BCUT2D eigenvalue weighted by Gasteiger charge is -2.16. The molecule has 0 aliphatic rings. The van der Waals surface area contributed by atoms with Crippen molar-refractivity contribution in [2.24, 2.45) is 0 Å². The summed E-state index contributed by atoms with van der Waals surface area (Å²) in [6.07, 6.45) is 1.29. The molecule has 0 aliphatic carbocycles. The van der Waals surface area contributed by atoms with E-state index in [-0.39, 0.29) is 23.6 Å². The molecule has 1 heterocycles. The first kappa shape index (κ1) is 24.4. The number of furan rings is 1. The standard InChI is InChI=1S/C23H18BrN3O7/c24-20-11-10-19(34-20)22(29)25-17(12-15-6-8-16(9-7-15)27(32)33)21(28)26-18(23(30)31)13-14-4-2-1-3-5-14/h1-12,18H,13H2,(H,25,29)(H,26,28)(H,30,31)/b17-12-/t18-/m1/s1. The number of aliphatic carboxylic acids is 1. The SMILES string of the molecule is O=C(N[C@H](Cc1ccccc1)C(=O)O)/C(=C/c1ccc([N+](=O)[O-])cc1)NC(=O)c1ccc(Br)o1. The number of nitrogens with one attached hydrogen (secondary N) is 2. The number of hydrogen-bond donors (Lipinski definition) is 3. The third-order valence-electron chi connectivity index (χ3n) is 4.59. The Morgan fingerprint density at radius 1 is 1.06 bits per heavy atom. The molecule has 0 bridgehead atoms. The molecule has 2 aromatic carbocycles. The van der Waals surface area contributed by atoms with E-state index < -0.39 is 28.7 Å². The van der Waals surface area contributed by atoms with Crippen LogP contribution in [0.2, 0.25) is 0 Å². The summed E-state index contributed by atoms with van der Waals surface area (Å²) in [6.45, 7) is 0. The lowest BCUT2D eigenvalue weighted by atomic mass is 10.1. The summed E-state index contributed by atoms with van der Waals surface area (Å²) in [5.41, 5.74) is 0.638. The number of hydrogen-bond acceptors (Lipinski definition) is 6. The Labute approximate surface area is 201 Å². The molecule has 1 aromatic heterocycles. The summed E-state index contributed by atoms with van der Waals surface area (Å²) in [5, 5.41) is 25.3. The number of benzene rings is 2. The number of rotatable bonds is 9. The lowest BCUT2D eigenvalue weighted by molar-refractivity contribution is -0.384. The van der Waals surface area contributed by atoms with Crippen molar-refractivity contribution < 1.29 is 28.8 Å². The molecule has 11 heteroatoms. The highest BCUT2D eigenvalue weighted by atomic mass is 79.9. The van der Waals surface area contributed by atoms with Gasteiger partial charge in [0.15, 0.2) is 10.4 Å². The van der Waals surface area contributed by atoms with Gasteiger partial charge in [-0.25, -0.2) is 4.79 Å². The van der Waals surface area contributed by atoms with Crippen LogP contribution < -0.4 is 10.6 Å². The van der Waals surface area contributed by atoms with Crippen molar-refractivity contribution >= 4 is 45.5 Å². The summed E-state index contributed by atoms with van der Waals surface area (Å²) in [4.78, 5) is 47.6. The van der Waals surface area contributed by atoms with Crippen LogP contribution in [0.25, 0.3) is 6.08 Å². The highest BCUT2D eigenvalue weighted by Gasteiger charge is 2.24. The van der Waals surface area contributed by atoms with E-state index in [0.29, 0.717) is 15.8 Å². The summed E-state index contributed by atoms with van der Waals surface area (Å²) in [7, 11) is 0. The lowest BCUT2D eigenvalue weighted by Crippen LogP contribution is -2.45. The largest absolute Gasteiger partial charge is 0.480 e. The van der Waals surface area contributed by atoms with Crippen LogP contribution in [-0.4, -0.2) is 33.9 Å². The van der Waals surface area contributed by atoms with Gasteiger partial charge in [-0.15, -0.1) is 0 Å². The Hall–Kier alpha value is -4.25. The van der Waals surface area contributed by atoms with Gasteiger partial charge in [0.05, 0.1) is 4.92 Å². The molecule has 0 unspecified atom stereocenters. The first-order valence-corrected chi connectivity index (χ1v) is 10.6. The summed E-state index contributed by atoms with van der Waals surface area (Å²) < 4.78 is 5.50. The van der Waals surface area contributed by atoms with Gasteiger partial charge in [0, 0.05) is 18.6 Å². The Balaban J connectivity index is 1.87. The third kappa shape index (κ3) is 6.62. The predicted molar refractivity (Wildman–Crippen MR) is 125 cm³/mol. The second-order valence-electron chi connectivity index (χ2n) is 7.02. The van der Waals surface area contributed by atoms with E-state index in [1.165, 1.54) is 42.5 Å². The van der Waals surface area contributed by atoms with E-state index in [2.05, 4.69) is 26.6 Å². The first-order chi connectivity index (χ1) is 16.2. The number of amides is 2. The summed E-state index contributed by atoms with van der Waals surface area (Å²) >= 11 is 3.09. The second-order valence-corrected chi connectivity index (χ2v) is 7.80. The smallest absolute Gasteiger partial charge is 0.326 e. The van der Waals surface area contributed by atoms with Gasteiger partial charge in [0.1, 0.15) is 11.7 Å². The Kier molecular flexibility index (Phi) is 7.93. The molecule has 0 saturated heterocycles. The van der Waals surface area contributed by atoms with Gasteiger partial charge in [-0.05, 0) is 57.4 Å². The maximum Gasteiger partial charge on any atom is 0.326 e. The maximum atomic E-state index is 13.0. The topological polar surface area (TPSA) is 152 Å². The number of carbonyl (C=O) groups excluding carboxylic acids is 2. The normalized spacial score (nSPS) is 12.0. The summed E-state index contributed by atoms with van der Waals surface area (Å²) in [6, 6.07) is 15.6. The van der Waals surface area contributed by atoms with Gasteiger partial charge in [-0.2, -0.15) is 0 Å². The van der Waals surface area contributed by atoms with Crippen LogP contribution in [0.4, 0.5) is 5.69 Å². The highest BCUT2D eigenvalue weighted by molar-refractivity contribution is 9.10. The van der Waals surface area contributed by atoms with Gasteiger partial charge in [-0.3, -0.25) is 19.7 Å². The van der Waals surface area contributed by atoms with Crippen LogP contribution in [0, 0.1) is 10.1 Å². The molecular formula is C23H18BrN3O7. The van der Waals surface area contributed by atoms with Crippen LogP contribution >= 0.6 is 15.9 Å². The van der Waals surface area contributed by atoms with Crippen molar-refractivity contribution in [1.82, 2.24) is 10.6 Å². The average molecular weight is 528 g/mol. The molecular weight excluding hydrogens is 510 g/mol. The molecule has 1 atom stereocenters. The second kappa shape index (κ2) is 11.1. The van der Waals surface area contributed by atoms with Crippen LogP contribution in [0.1, 0.15) is 21.7 Å². The minimum Gasteiger partial charge on any atom is -0.480 e. The van der Waals surface area contributed by atoms with Crippen LogP contribution in [-0.2, 0) is 16.0 Å². The van der Waals surface area contributed by atoms with Crippen molar-refractivity contribution in [3.63, 3.8) is 0 Å². The van der Waals surface area contributed by atoms with Gasteiger partial charge in [0.25, 0.3) is 17.5 Å². The van der Waals surface area contributed by atoms with Crippen molar-refractivity contribution in [2.75, 3.05) is 0 Å². The van der Waals surface area contributed by atoms with E-state index in [1.54, 1.807) is 30.3 Å². The van der Waals surface area contributed by atoms with Gasteiger partial charge < -0.3 is 20.2 Å². The predicted octanol–water partition coefficient (Wildman–Crippen LogP) is 3.53. The average Bonchev–Trinajstić information content (AvgIpc) is 3.25. The van der Waals surface area contributed by atoms with E-state index in [1.807, 2.05) is 0 Å². The molecule has 0 saturated carbocycles. The van der Waals surface area contributed by atoms with Crippen molar-refractivity contribution in [2.45, 2.75) is 12.5 Å². The van der Waals surface area contributed by atoms with Crippen LogP contribution in [0.3, 0.4) is 0 Å². The highest BCUT2D eigenvalue weighted by Crippen LogP contribution is 2.16. The van der Waals surface area contributed by atoms with E-state index in [9.17, 15) is 29.6 Å². The number of nitro groups is 1. The molecule has 2 amide bonds. The fourth-order valence-electron chi connectivity index (χ4n) is 2.92. The number of nitrogens with zero attached hydrogens (tertiary/aromatic N) is 1. The van der Waals surface area contributed by atoms with Crippen molar-refractivity contribution in [3.05, 3.63) is 104 Å². The quantitative estimate of drug-likeness (QED) is 0.218. The number of carboxylic acid groups (broad SMARTS) is 1. The van der Waals surface area contributed by atoms with Gasteiger partial charge in [-0.1, -0.05) is 30.3 Å². The number of halogens is 1. The zero-order valence-corrected chi connectivity index (χ0v) is 19.0. The van der Waals surface area contributed by atoms with Crippen molar-refractivity contribution in [3.8, 4) is 0 Å².